The molecule has 0 rings (SSSR count). The van der Waals surface area contributed by atoms with Crippen LogP contribution in [0.4, 0.5) is 0 Å². The van der Waals surface area contributed by atoms with Crippen LogP contribution in [-0.2, 0) is 66.4 Å². The first-order chi connectivity index (χ1) is 23.2. The molecule has 0 bridgehead atoms. The first-order valence-electron chi connectivity index (χ1n) is 16.9. The molecule has 0 radical (unpaired) electrons. The van der Waals surface area contributed by atoms with Gasteiger partial charge in [0, 0.05) is 19.4 Å². The lowest BCUT2D eigenvalue weighted by Gasteiger charge is -2.09. The molecular weight excluding hydrogens is 624 g/mol. The molecule has 0 atom stereocenters. The summed E-state index contributed by atoms with van der Waals surface area (Å²) in [7, 11) is 0. The molecule has 0 aromatic heterocycles. The normalized spacial score (nSPS) is 11.3. The first kappa shape index (κ1) is 45.5. The molecule has 0 aliphatic rings. The fourth-order valence-electron chi connectivity index (χ4n) is 3.38. The number of hydrogen-bond donors (Lipinski definition) is 1. The summed E-state index contributed by atoms with van der Waals surface area (Å²) in [6.45, 7) is 13.4. The van der Waals surface area contributed by atoms with Gasteiger partial charge >= 0.3 is 11.9 Å². The van der Waals surface area contributed by atoms with Gasteiger partial charge in [0.05, 0.1) is 139 Å². The highest BCUT2D eigenvalue weighted by molar-refractivity contribution is 5.69. The maximum Gasteiger partial charge on any atom is 0.305 e. The quantitative estimate of drug-likeness (QED) is 0.0734. The Labute approximate surface area is 281 Å². The number of rotatable bonds is 41. The Morgan fingerprint density at radius 2 is 0.617 bits per heavy atom. The number of carbonyl (C=O) groups is 2. The van der Waals surface area contributed by atoms with Crippen LogP contribution in [0, 0.1) is 0 Å². The van der Waals surface area contributed by atoms with E-state index in [4.69, 9.17) is 61.9 Å². The van der Waals surface area contributed by atoms with Crippen molar-refractivity contribution in [3.8, 4) is 0 Å². The molecule has 0 aromatic rings. The van der Waals surface area contributed by atoms with E-state index in [9.17, 15) is 9.59 Å². The zero-order valence-electron chi connectivity index (χ0n) is 28.7. The van der Waals surface area contributed by atoms with Crippen LogP contribution in [0.15, 0.2) is 0 Å². The summed E-state index contributed by atoms with van der Waals surface area (Å²) in [5.41, 5.74) is 0. The van der Waals surface area contributed by atoms with Crippen LogP contribution in [0.2, 0.25) is 0 Å². The SMILES string of the molecule is CCCCOCCOCCOCCOCCOCCOCCOCCOCCOCCOCCOCCOC(=O)CCCCC(=O)O. The molecule has 0 saturated carbocycles. The predicted octanol–water partition coefficient (Wildman–Crippen LogP) is 2.16. The zero-order valence-corrected chi connectivity index (χ0v) is 28.7. The van der Waals surface area contributed by atoms with Crippen LogP contribution < -0.4 is 0 Å². The van der Waals surface area contributed by atoms with E-state index in [0.29, 0.717) is 145 Å². The van der Waals surface area contributed by atoms with Gasteiger partial charge in [-0.1, -0.05) is 13.3 Å². The van der Waals surface area contributed by atoms with Gasteiger partial charge in [-0.05, 0) is 19.3 Å². The van der Waals surface area contributed by atoms with E-state index in [1.165, 1.54) is 0 Å². The Morgan fingerprint density at radius 1 is 0.362 bits per heavy atom. The molecule has 47 heavy (non-hydrogen) atoms. The van der Waals surface area contributed by atoms with Gasteiger partial charge in [0.1, 0.15) is 6.61 Å². The number of carbonyl (C=O) groups excluding carboxylic acids is 1. The molecule has 15 heteroatoms. The average molecular weight is 687 g/mol. The van der Waals surface area contributed by atoms with Crippen LogP contribution >= 0.6 is 0 Å². The van der Waals surface area contributed by atoms with Crippen LogP contribution in [-0.4, -0.2) is 169 Å². The molecule has 0 saturated heterocycles. The van der Waals surface area contributed by atoms with E-state index < -0.39 is 5.97 Å². The smallest absolute Gasteiger partial charge is 0.305 e. The number of carboxylic acids is 1. The summed E-state index contributed by atoms with van der Waals surface area (Å²) in [4.78, 5) is 21.9. The lowest BCUT2D eigenvalue weighted by molar-refractivity contribution is -0.146. The Hall–Kier alpha value is -1.50. The van der Waals surface area contributed by atoms with E-state index in [0.717, 1.165) is 19.4 Å². The summed E-state index contributed by atoms with van der Waals surface area (Å²) >= 11 is 0. The molecule has 0 heterocycles. The number of ether oxygens (including phenoxy) is 12. The molecule has 0 aliphatic carbocycles. The summed E-state index contributed by atoms with van der Waals surface area (Å²) in [6.07, 6.45) is 3.47. The van der Waals surface area contributed by atoms with E-state index >= 15 is 0 Å². The zero-order chi connectivity index (χ0) is 34.1. The minimum atomic E-state index is -0.862. The molecule has 0 spiro atoms. The van der Waals surface area contributed by atoms with Crippen molar-refractivity contribution in [2.24, 2.45) is 0 Å². The first-order valence-corrected chi connectivity index (χ1v) is 16.9. The van der Waals surface area contributed by atoms with Crippen LogP contribution in [0.5, 0.6) is 0 Å². The van der Waals surface area contributed by atoms with Crippen molar-refractivity contribution in [1.29, 1.82) is 0 Å². The van der Waals surface area contributed by atoms with E-state index in [-0.39, 0.29) is 32.0 Å². The van der Waals surface area contributed by atoms with Crippen LogP contribution in [0.3, 0.4) is 0 Å². The third kappa shape index (κ3) is 42.5. The Morgan fingerprint density at radius 3 is 0.894 bits per heavy atom. The summed E-state index contributed by atoms with van der Waals surface area (Å²) in [5.74, 6) is -1.21. The molecule has 0 amide bonds. The summed E-state index contributed by atoms with van der Waals surface area (Å²) < 4.78 is 64.8. The Balaban J connectivity index is 3.09. The number of carboxylic acid groups (broad SMARTS) is 1. The maximum atomic E-state index is 11.5. The predicted molar refractivity (Wildman–Crippen MR) is 171 cm³/mol. The molecular formula is C32H62O15. The number of esters is 1. The topological polar surface area (TPSA) is 165 Å². The van der Waals surface area contributed by atoms with Gasteiger partial charge in [0.2, 0.25) is 0 Å². The van der Waals surface area contributed by atoms with Gasteiger partial charge in [0.15, 0.2) is 0 Å². The molecule has 1 N–H and O–H groups in total. The van der Waals surface area contributed by atoms with Gasteiger partial charge < -0.3 is 61.9 Å². The van der Waals surface area contributed by atoms with Gasteiger partial charge in [-0.15, -0.1) is 0 Å². The lowest BCUT2D eigenvalue weighted by atomic mass is 10.2. The van der Waals surface area contributed by atoms with Gasteiger partial charge in [0.25, 0.3) is 0 Å². The lowest BCUT2D eigenvalue weighted by Crippen LogP contribution is -2.15. The average Bonchev–Trinajstić information content (AvgIpc) is 3.06. The maximum absolute atomic E-state index is 11.5. The van der Waals surface area contributed by atoms with Crippen molar-refractivity contribution in [3.63, 3.8) is 0 Å². The molecule has 280 valence electrons. The van der Waals surface area contributed by atoms with Gasteiger partial charge in [-0.3, -0.25) is 9.59 Å². The van der Waals surface area contributed by atoms with Crippen LogP contribution in [0.1, 0.15) is 45.4 Å². The van der Waals surface area contributed by atoms with Crippen molar-refractivity contribution in [3.05, 3.63) is 0 Å². The fraction of sp³-hybridized carbons (Fsp3) is 0.938. The molecule has 15 nitrogen and oxygen atoms in total. The second-order valence-electron chi connectivity index (χ2n) is 9.91. The monoisotopic (exact) mass is 686 g/mol. The van der Waals surface area contributed by atoms with E-state index in [2.05, 4.69) is 6.92 Å². The van der Waals surface area contributed by atoms with Crippen molar-refractivity contribution >= 4 is 11.9 Å². The second kappa shape index (κ2) is 40.7. The van der Waals surface area contributed by atoms with E-state index in [1.54, 1.807) is 0 Å². The molecule has 0 aromatic carbocycles. The molecule has 0 aliphatic heterocycles. The van der Waals surface area contributed by atoms with Gasteiger partial charge in [-0.25, -0.2) is 0 Å². The fourth-order valence-corrected chi connectivity index (χ4v) is 3.38. The summed E-state index contributed by atoms with van der Waals surface area (Å²) in [5, 5.41) is 8.55. The highest BCUT2D eigenvalue weighted by Gasteiger charge is 2.04. The Kier molecular flexibility index (Phi) is 39.4. The number of aliphatic carboxylic acids is 1. The Bertz CT molecular complexity index is 642. The standard InChI is InChI=1S/C32H62O15/c1-2-3-8-36-9-10-37-11-12-38-13-14-39-15-16-40-17-18-41-19-20-42-21-22-43-23-24-44-25-26-45-27-28-46-29-30-47-32(35)7-5-4-6-31(33)34/h2-30H2,1H3,(H,33,34). The third-order valence-electron chi connectivity index (χ3n) is 5.87. The summed E-state index contributed by atoms with van der Waals surface area (Å²) in [6, 6.07) is 0. The van der Waals surface area contributed by atoms with Gasteiger partial charge in [-0.2, -0.15) is 0 Å². The number of unbranched alkanes of at least 4 members (excludes halogenated alkanes) is 2. The molecule has 0 unspecified atom stereocenters. The molecule has 0 fully saturated rings. The van der Waals surface area contributed by atoms with Crippen LogP contribution in [0.25, 0.3) is 0 Å². The minimum absolute atomic E-state index is 0.0606. The van der Waals surface area contributed by atoms with Crippen molar-refractivity contribution in [1.82, 2.24) is 0 Å². The third-order valence-corrected chi connectivity index (χ3v) is 5.87. The van der Waals surface area contributed by atoms with Crippen molar-refractivity contribution in [2.75, 3.05) is 152 Å². The number of hydrogen-bond acceptors (Lipinski definition) is 14. The second-order valence-corrected chi connectivity index (χ2v) is 9.91. The van der Waals surface area contributed by atoms with E-state index in [1.807, 2.05) is 0 Å². The highest BCUT2D eigenvalue weighted by Crippen LogP contribution is 2.01. The van der Waals surface area contributed by atoms with Crippen molar-refractivity contribution in [2.45, 2.75) is 45.4 Å². The largest absolute Gasteiger partial charge is 0.481 e. The van der Waals surface area contributed by atoms with Crippen molar-refractivity contribution < 1.29 is 71.5 Å². The highest BCUT2D eigenvalue weighted by atomic mass is 16.6. The minimum Gasteiger partial charge on any atom is -0.481 e.